The SMILES string of the molecule is COc1ccc(Cn2nnnc2C=Cc2c(N3CCC(NC(=O)O)CC3)nc3cc(C(=O)Nc4nc(C(C)(C)C)cs4)ccn3c2=O)cc1. The van der Waals surface area contributed by atoms with Gasteiger partial charge in [0.1, 0.15) is 17.2 Å². The fraction of sp³-hybridized carbons (Fsp3) is 0.333. The molecule has 2 amide bonds. The predicted octanol–water partition coefficient (Wildman–Crippen LogP) is 4.15. The van der Waals surface area contributed by atoms with Gasteiger partial charge in [0.2, 0.25) is 0 Å². The minimum absolute atomic E-state index is 0.156. The number of anilines is 2. The first-order valence-corrected chi connectivity index (χ1v) is 16.5. The quantitative estimate of drug-likeness (QED) is 0.203. The molecule has 0 bridgehead atoms. The van der Waals surface area contributed by atoms with Gasteiger partial charge < -0.3 is 20.1 Å². The number of amides is 2. The van der Waals surface area contributed by atoms with Crippen molar-refractivity contribution >= 4 is 52.1 Å². The Morgan fingerprint density at radius 2 is 1.86 bits per heavy atom. The topological polar surface area (TPSA) is 182 Å². The highest BCUT2D eigenvalue weighted by Crippen LogP contribution is 2.27. The van der Waals surface area contributed by atoms with Gasteiger partial charge in [0.15, 0.2) is 11.0 Å². The number of thiazole rings is 1. The van der Waals surface area contributed by atoms with E-state index in [0.29, 0.717) is 60.4 Å². The minimum atomic E-state index is -1.07. The molecule has 1 saturated heterocycles. The Bertz CT molecular complexity index is 2070. The van der Waals surface area contributed by atoms with Crippen molar-refractivity contribution in [1.29, 1.82) is 0 Å². The van der Waals surface area contributed by atoms with E-state index in [9.17, 15) is 19.5 Å². The van der Waals surface area contributed by atoms with Crippen LogP contribution in [0.5, 0.6) is 5.75 Å². The van der Waals surface area contributed by atoms with Crippen molar-refractivity contribution in [2.24, 2.45) is 0 Å². The molecule has 1 aromatic carbocycles. The van der Waals surface area contributed by atoms with Crippen molar-refractivity contribution in [2.75, 3.05) is 30.4 Å². The molecule has 5 aromatic rings. The van der Waals surface area contributed by atoms with Crippen LogP contribution in [0, 0.1) is 0 Å². The summed E-state index contributed by atoms with van der Waals surface area (Å²) >= 11 is 1.35. The van der Waals surface area contributed by atoms with Gasteiger partial charge in [-0.05, 0) is 65.2 Å². The molecule has 16 heteroatoms. The van der Waals surface area contributed by atoms with Gasteiger partial charge in [-0.3, -0.25) is 19.3 Å². The number of carbonyl (C=O) groups is 2. The molecule has 0 saturated carbocycles. The molecule has 0 atom stereocenters. The largest absolute Gasteiger partial charge is 0.497 e. The van der Waals surface area contributed by atoms with Crippen molar-refractivity contribution in [3.8, 4) is 5.75 Å². The smallest absolute Gasteiger partial charge is 0.404 e. The van der Waals surface area contributed by atoms with Gasteiger partial charge in [-0.15, -0.1) is 16.4 Å². The first-order valence-electron chi connectivity index (χ1n) is 15.6. The second kappa shape index (κ2) is 13.8. The molecule has 0 aliphatic carbocycles. The van der Waals surface area contributed by atoms with Crippen LogP contribution in [0.4, 0.5) is 15.7 Å². The molecular formula is C33H36N10O5S. The van der Waals surface area contributed by atoms with Crippen molar-refractivity contribution in [3.05, 3.63) is 86.5 Å². The third-order valence-electron chi connectivity index (χ3n) is 8.17. The van der Waals surface area contributed by atoms with Crippen LogP contribution in [0.25, 0.3) is 17.8 Å². The Kier molecular flexibility index (Phi) is 9.40. The van der Waals surface area contributed by atoms with Crippen molar-refractivity contribution in [2.45, 2.75) is 51.6 Å². The van der Waals surface area contributed by atoms with Crippen LogP contribution in [0.3, 0.4) is 0 Å². The number of carbonyl (C=O) groups excluding carboxylic acids is 1. The summed E-state index contributed by atoms with van der Waals surface area (Å²) < 4.78 is 8.25. The van der Waals surface area contributed by atoms with Gasteiger partial charge >= 0.3 is 6.09 Å². The van der Waals surface area contributed by atoms with Crippen LogP contribution in [-0.2, 0) is 12.0 Å². The third kappa shape index (κ3) is 7.59. The van der Waals surface area contributed by atoms with Crippen molar-refractivity contribution in [3.63, 3.8) is 0 Å². The van der Waals surface area contributed by atoms with Crippen LogP contribution in [-0.4, -0.2) is 77.9 Å². The number of tetrazole rings is 1. The highest BCUT2D eigenvalue weighted by atomic mass is 32.1. The zero-order valence-corrected chi connectivity index (χ0v) is 28.3. The summed E-state index contributed by atoms with van der Waals surface area (Å²) in [5.74, 6) is 1.21. The number of pyridine rings is 1. The number of hydrogen-bond acceptors (Lipinski definition) is 11. The monoisotopic (exact) mass is 684 g/mol. The van der Waals surface area contributed by atoms with E-state index in [4.69, 9.17) is 9.72 Å². The van der Waals surface area contributed by atoms with Gasteiger partial charge in [-0.2, -0.15) is 0 Å². The zero-order valence-electron chi connectivity index (χ0n) is 27.5. The van der Waals surface area contributed by atoms with Gasteiger partial charge in [0.25, 0.3) is 11.5 Å². The van der Waals surface area contributed by atoms with E-state index >= 15 is 0 Å². The summed E-state index contributed by atoms with van der Waals surface area (Å²) in [6.45, 7) is 7.48. The summed E-state index contributed by atoms with van der Waals surface area (Å²) in [5.41, 5.74) is 2.23. The summed E-state index contributed by atoms with van der Waals surface area (Å²) in [5, 5.41) is 29.1. The summed E-state index contributed by atoms with van der Waals surface area (Å²) in [7, 11) is 1.61. The standard InChI is InChI=1S/C33H36N10O5S/c1-33(2,3)25-19-49-31(35-25)37-29(44)21-11-16-42-27(17-21)36-28(41-14-12-22(13-15-41)34-32(46)47)24(30(42)45)9-10-26-38-39-40-43(26)18-20-5-7-23(48-4)8-6-20/h5-11,16-17,19,22,34H,12-15,18H2,1-4H3,(H,46,47)(H,35,37,44). The maximum atomic E-state index is 14.0. The number of nitrogens with zero attached hydrogens (tertiary/aromatic N) is 8. The second-order valence-electron chi connectivity index (χ2n) is 12.6. The molecule has 1 aliphatic heterocycles. The molecule has 5 heterocycles. The summed E-state index contributed by atoms with van der Waals surface area (Å²) in [6.07, 6.45) is 4.82. The first-order chi connectivity index (χ1) is 23.5. The highest BCUT2D eigenvalue weighted by Gasteiger charge is 2.25. The Hall–Kier alpha value is -5.64. The average Bonchev–Trinajstić information content (AvgIpc) is 3.74. The van der Waals surface area contributed by atoms with E-state index in [2.05, 4.69) is 51.9 Å². The van der Waals surface area contributed by atoms with E-state index in [0.717, 1.165) is 17.0 Å². The maximum Gasteiger partial charge on any atom is 0.404 e. The van der Waals surface area contributed by atoms with Gasteiger partial charge in [0.05, 0.1) is 24.9 Å². The fourth-order valence-corrected chi connectivity index (χ4v) is 6.36. The summed E-state index contributed by atoms with van der Waals surface area (Å²) in [4.78, 5) is 49.9. The molecule has 1 aliphatic rings. The first kappa shape index (κ1) is 33.3. The van der Waals surface area contributed by atoms with Crippen LogP contribution in [0.2, 0.25) is 0 Å². The van der Waals surface area contributed by atoms with Gasteiger partial charge in [0, 0.05) is 41.7 Å². The number of carboxylic acid groups (broad SMARTS) is 1. The molecule has 0 spiro atoms. The van der Waals surface area contributed by atoms with E-state index in [1.807, 2.05) is 34.5 Å². The fourth-order valence-electron chi connectivity index (χ4n) is 5.43. The molecule has 6 rings (SSSR count). The van der Waals surface area contributed by atoms with Crippen LogP contribution in [0.15, 0.2) is 52.8 Å². The van der Waals surface area contributed by atoms with E-state index in [1.165, 1.54) is 21.9 Å². The Balaban J connectivity index is 1.32. The van der Waals surface area contributed by atoms with Crippen LogP contribution < -0.4 is 25.8 Å². The number of fused-ring (bicyclic) bond motifs is 1. The molecular weight excluding hydrogens is 648 g/mol. The third-order valence-corrected chi connectivity index (χ3v) is 8.93. The van der Waals surface area contributed by atoms with E-state index in [1.54, 1.807) is 36.1 Å². The molecule has 1 fully saturated rings. The lowest BCUT2D eigenvalue weighted by Crippen LogP contribution is -2.45. The average molecular weight is 685 g/mol. The summed E-state index contributed by atoms with van der Waals surface area (Å²) in [6, 6.07) is 10.5. The van der Waals surface area contributed by atoms with Crippen molar-refractivity contribution < 1.29 is 19.4 Å². The minimum Gasteiger partial charge on any atom is -0.497 e. The lowest BCUT2D eigenvalue weighted by molar-refractivity contribution is 0.102. The van der Waals surface area contributed by atoms with Crippen molar-refractivity contribution in [1.82, 2.24) is 39.9 Å². The number of aromatic nitrogens is 7. The molecule has 15 nitrogen and oxygen atoms in total. The zero-order chi connectivity index (χ0) is 34.7. The van der Waals surface area contributed by atoms with Crippen LogP contribution in [0.1, 0.15) is 66.6 Å². The molecule has 3 N–H and O–H groups in total. The number of ether oxygens (including phenoxy) is 1. The normalized spacial score (nSPS) is 14.0. The van der Waals surface area contributed by atoms with E-state index in [-0.39, 0.29) is 28.6 Å². The number of nitrogens with one attached hydrogen (secondary N) is 2. The second-order valence-corrected chi connectivity index (χ2v) is 13.5. The number of rotatable bonds is 9. The molecule has 0 unspecified atom stereocenters. The Morgan fingerprint density at radius 1 is 1.10 bits per heavy atom. The number of benzene rings is 1. The Morgan fingerprint density at radius 3 is 2.53 bits per heavy atom. The molecule has 4 aromatic heterocycles. The van der Waals surface area contributed by atoms with Gasteiger partial charge in [-0.1, -0.05) is 32.9 Å². The van der Waals surface area contributed by atoms with Gasteiger partial charge in [-0.25, -0.2) is 19.4 Å². The number of piperidine rings is 1. The van der Waals surface area contributed by atoms with E-state index < -0.39 is 6.09 Å². The highest BCUT2D eigenvalue weighted by molar-refractivity contribution is 7.14. The number of methoxy groups -OCH3 is 1. The Labute approximate surface area is 285 Å². The predicted molar refractivity (Wildman–Crippen MR) is 185 cm³/mol. The van der Waals surface area contributed by atoms with Crippen LogP contribution >= 0.6 is 11.3 Å². The lowest BCUT2D eigenvalue weighted by Gasteiger charge is -2.33. The lowest BCUT2D eigenvalue weighted by atomic mass is 9.93. The molecule has 0 radical (unpaired) electrons. The molecule has 49 heavy (non-hydrogen) atoms. The number of hydrogen-bond donors (Lipinski definition) is 3. The molecule has 254 valence electrons. The maximum absolute atomic E-state index is 14.0.